The van der Waals surface area contributed by atoms with Crippen LogP contribution in [-0.4, -0.2) is 58.8 Å². The SMILES string of the molecule is CC/C=C\C[C@@H](O)/C=C/C=C\C/C=C\C=C\[C@@H](O)/C=C\CCCC(=O)OC[C@H](CO)OC(=O)CCCCCCCCCCCCCCC(C)C. The average Bonchev–Trinajstić information content (AvgIpc) is 3.09. The molecule has 0 aliphatic heterocycles. The molecule has 0 rings (SSSR count). The number of carbonyl (C=O) groups is 2. The van der Waals surface area contributed by atoms with E-state index in [-0.39, 0.29) is 19.0 Å². The monoisotopic (exact) mass is 701 g/mol. The van der Waals surface area contributed by atoms with Crippen LogP contribution in [0.4, 0.5) is 0 Å². The maximum absolute atomic E-state index is 12.2. The van der Waals surface area contributed by atoms with Gasteiger partial charge < -0.3 is 24.8 Å². The zero-order valence-electron chi connectivity index (χ0n) is 31.8. The second-order valence-electron chi connectivity index (χ2n) is 13.5. The lowest BCUT2D eigenvalue weighted by molar-refractivity contribution is -0.161. The highest BCUT2D eigenvalue weighted by atomic mass is 16.6. The third kappa shape index (κ3) is 35.1. The highest BCUT2D eigenvalue weighted by Crippen LogP contribution is 2.15. The second-order valence-corrected chi connectivity index (χ2v) is 13.5. The molecule has 3 N–H and O–H groups in total. The maximum Gasteiger partial charge on any atom is 0.306 e. The molecule has 0 amide bonds. The van der Waals surface area contributed by atoms with Crippen LogP contribution in [0.3, 0.4) is 0 Å². The van der Waals surface area contributed by atoms with E-state index in [1.807, 2.05) is 48.6 Å². The maximum atomic E-state index is 12.2. The van der Waals surface area contributed by atoms with Crippen LogP contribution in [-0.2, 0) is 19.1 Å². The number of hydrogen-bond donors (Lipinski definition) is 3. The third-order valence-corrected chi connectivity index (χ3v) is 8.12. The first-order valence-electron chi connectivity index (χ1n) is 19.6. The van der Waals surface area contributed by atoms with Gasteiger partial charge in [-0.3, -0.25) is 9.59 Å². The Morgan fingerprint density at radius 2 is 1.22 bits per heavy atom. The van der Waals surface area contributed by atoms with Crippen LogP contribution in [0.2, 0.25) is 0 Å². The van der Waals surface area contributed by atoms with Gasteiger partial charge >= 0.3 is 11.9 Å². The predicted octanol–water partition coefficient (Wildman–Crippen LogP) is 9.97. The van der Waals surface area contributed by atoms with Gasteiger partial charge in [0.1, 0.15) is 6.61 Å². The van der Waals surface area contributed by atoms with Crippen LogP contribution in [0.25, 0.3) is 0 Å². The van der Waals surface area contributed by atoms with E-state index in [9.17, 15) is 24.9 Å². The van der Waals surface area contributed by atoms with Crippen molar-refractivity contribution in [2.75, 3.05) is 13.2 Å². The third-order valence-electron chi connectivity index (χ3n) is 8.12. The van der Waals surface area contributed by atoms with E-state index in [0.717, 1.165) is 38.0 Å². The van der Waals surface area contributed by atoms with Gasteiger partial charge in [-0.25, -0.2) is 0 Å². The molecule has 0 fully saturated rings. The quantitative estimate of drug-likeness (QED) is 0.0270. The van der Waals surface area contributed by atoms with Crippen molar-refractivity contribution in [1.82, 2.24) is 0 Å². The highest BCUT2D eigenvalue weighted by molar-refractivity contribution is 5.70. The number of aliphatic hydroxyl groups excluding tert-OH is 3. The Morgan fingerprint density at radius 1 is 0.640 bits per heavy atom. The van der Waals surface area contributed by atoms with Gasteiger partial charge in [0.2, 0.25) is 0 Å². The number of rotatable bonds is 33. The number of aliphatic hydroxyl groups is 3. The fraction of sp³-hybridized carbons (Fsp3) is 0.674. The van der Waals surface area contributed by atoms with Gasteiger partial charge in [-0.2, -0.15) is 0 Å². The predicted molar refractivity (Wildman–Crippen MR) is 208 cm³/mol. The largest absolute Gasteiger partial charge is 0.462 e. The minimum atomic E-state index is -0.845. The number of ether oxygens (including phenoxy) is 2. The van der Waals surface area contributed by atoms with Gasteiger partial charge in [0.15, 0.2) is 6.10 Å². The topological polar surface area (TPSA) is 113 Å². The van der Waals surface area contributed by atoms with Crippen molar-refractivity contribution in [3.8, 4) is 0 Å². The molecule has 0 aliphatic carbocycles. The van der Waals surface area contributed by atoms with Gasteiger partial charge in [-0.05, 0) is 44.4 Å². The Bertz CT molecular complexity index is 976. The molecule has 0 saturated carbocycles. The molecular formula is C43H72O7. The van der Waals surface area contributed by atoms with Crippen LogP contribution in [0, 0.1) is 5.92 Å². The molecule has 0 spiro atoms. The molecule has 3 atom stereocenters. The summed E-state index contributed by atoms with van der Waals surface area (Å²) < 4.78 is 10.5. The molecule has 0 aromatic rings. The van der Waals surface area contributed by atoms with Crippen molar-refractivity contribution in [3.05, 3.63) is 72.9 Å². The summed E-state index contributed by atoms with van der Waals surface area (Å²) in [6.07, 6.45) is 40.4. The van der Waals surface area contributed by atoms with E-state index < -0.39 is 30.9 Å². The summed E-state index contributed by atoms with van der Waals surface area (Å²) in [6.45, 7) is 6.11. The lowest BCUT2D eigenvalue weighted by Crippen LogP contribution is -2.28. The summed E-state index contributed by atoms with van der Waals surface area (Å²) in [4.78, 5) is 24.2. The lowest BCUT2D eigenvalue weighted by atomic mass is 10.0. The standard InChI is InChI=1S/C43H72O7/c1-4-5-22-30-39(45)31-24-18-14-12-15-19-25-32-40(46)33-26-21-28-34-42(47)49-37-41(36-44)50-43(48)35-27-20-16-11-9-7-6-8-10-13-17-23-29-38(2)3/h5,14-15,18-19,22,24-26,31-33,38-41,44-46H,4,6-13,16-17,20-21,23,27-30,34-37H2,1-3H3/b18-14-,19-15-,22-5-,31-24+,32-25+,33-26-/t39-,40-,41+/m1/s1. The Labute approximate surface area is 305 Å². The van der Waals surface area contributed by atoms with E-state index in [4.69, 9.17) is 9.47 Å². The Kier molecular flexibility index (Phi) is 34.1. The Balaban J connectivity index is 3.85. The molecule has 0 heterocycles. The first kappa shape index (κ1) is 47.3. The zero-order valence-corrected chi connectivity index (χ0v) is 31.8. The molecule has 50 heavy (non-hydrogen) atoms. The molecule has 0 aromatic heterocycles. The van der Waals surface area contributed by atoms with Gasteiger partial charge in [0, 0.05) is 12.8 Å². The minimum absolute atomic E-state index is 0.154. The van der Waals surface area contributed by atoms with Crippen LogP contribution < -0.4 is 0 Å². The van der Waals surface area contributed by atoms with E-state index in [1.165, 1.54) is 64.2 Å². The van der Waals surface area contributed by atoms with Crippen molar-refractivity contribution in [2.24, 2.45) is 5.92 Å². The van der Waals surface area contributed by atoms with Crippen molar-refractivity contribution >= 4 is 11.9 Å². The number of esters is 2. The smallest absolute Gasteiger partial charge is 0.306 e. The Hall–Kier alpha value is -2.74. The number of allylic oxidation sites excluding steroid dienone is 8. The first-order chi connectivity index (χ1) is 24.3. The molecule has 0 bridgehead atoms. The van der Waals surface area contributed by atoms with E-state index in [1.54, 1.807) is 24.3 Å². The average molecular weight is 701 g/mol. The fourth-order valence-electron chi connectivity index (χ4n) is 5.12. The van der Waals surface area contributed by atoms with E-state index in [2.05, 4.69) is 20.8 Å². The summed E-state index contributed by atoms with van der Waals surface area (Å²) in [5.74, 6) is 0.0470. The normalized spacial score (nSPS) is 14.4. The number of carbonyl (C=O) groups excluding carboxylic acids is 2. The van der Waals surface area contributed by atoms with Crippen LogP contribution in [0.15, 0.2) is 72.9 Å². The molecule has 286 valence electrons. The van der Waals surface area contributed by atoms with Gasteiger partial charge in [0.05, 0.1) is 18.8 Å². The molecule has 0 unspecified atom stereocenters. The minimum Gasteiger partial charge on any atom is -0.462 e. The first-order valence-corrected chi connectivity index (χ1v) is 19.6. The fourth-order valence-corrected chi connectivity index (χ4v) is 5.12. The van der Waals surface area contributed by atoms with Gasteiger partial charge in [0.25, 0.3) is 0 Å². The molecule has 7 heteroatoms. The van der Waals surface area contributed by atoms with Crippen molar-refractivity contribution in [2.45, 2.75) is 167 Å². The van der Waals surface area contributed by atoms with Gasteiger partial charge in [-0.1, -0.05) is 171 Å². The second kappa shape index (κ2) is 36.1. The van der Waals surface area contributed by atoms with Gasteiger partial charge in [-0.15, -0.1) is 0 Å². The van der Waals surface area contributed by atoms with Crippen molar-refractivity contribution in [3.63, 3.8) is 0 Å². The van der Waals surface area contributed by atoms with Crippen LogP contribution in [0.5, 0.6) is 0 Å². The summed E-state index contributed by atoms with van der Waals surface area (Å²) in [6, 6.07) is 0. The molecular weight excluding hydrogens is 628 g/mol. The van der Waals surface area contributed by atoms with Crippen LogP contribution >= 0.6 is 0 Å². The van der Waals surface area contributed by atoms with Crippen LogP contribution in [0.1, 0.15) is 149 Å². The van der Waals surface area contributed by atoms with Crippen molar-refractivity contribution < 1.29 is 34.4 Å². The van der Waals surface area contributed by atoms with E-state index in [0.29, 0.717) is 25.7 Å². The molecule has 0 aromatic carbocycles. The molecule has 0 saturated heterocycles. The number of unbranched alkanes of at least 4 members (excludes halogenated alkanes) is 12. The van der Waals surface area contributed by atoms with E-state index >= 15 is 0 Å². The van der Waals surface area contributed by atoms with Crippen molar-refractivity contribution in [1.29, 1.82) is 0 Å². The highest BCUT2D eigenvalue weighted by Gasteiger charge is 2.16. The number of hydrogen-bond acceptors (Lipinski definition) is 7. The zero-order chi connectivity index (χ0) is 36.9. The molecule has 0 aliphatic rings. The lowest BCUT2D eigenvalue weighted by Gasteiger charge is -2.15. The Morgan fingerprint density at radius 3 is 1.82 bits per heavy atom. The summed E-state index contributed by atoms with van der Waals surface area (Å²) in [5, 5.41) is 29.4. The summed E-state index contributed by atoms with van der Waals surface area (Å²) >= 11 is 0. The molecule has 7 nitrogen and oxygen atoms in total. The molecule has 0 radical (unpaired) electrons. The summed E-state index contributed by atoms with van der Waals surface area (Å²) in [5.41, 5.74) is 0. The summed E-state index contributed by atoms with van der Waals surface area (Å²) in [7, 11) is 0.